The molecule has 0 radical (unpaired) electrons. The highest BCUT2D eigenvalue weighted by Gasteiger charge is 2.19. The van der Waals surface area contributed by atoms with Crippen molar-refractivity contribution in [1.82, 2.24) is 0 Å². The highest BCUT2D eigenvalue weighted by molar-refractivity contribution is 7.81. The fourth-order valence-electron chi connectivity index (χ4n) is 4.11. The number of rotatable bonds is 10. The Labute approximate surface area is 220 Å². The SMILES string of the molecule is CCOCC.O=S(=O)(O)Oc1ccc(Cc2ccccc2)c(Cc2ccccc2)c1Cc1ccccc1. The topological polar surface area (TPSA) is 72.8 Å². The van der Waals surface area contributed by atoms with Gasteiger partial charge in [0.15, 0.2) is 0 Å². The third kappa shape index (κ3) is 9.50. The van der Waals surface area contributed by atoms with E-state index in [9.17, 15) is 13.0 Å². The summed E-state index contributed by atoms with van der Waals surface area (Å²) in [5, 5.41) is 0. The Morgan fingerprint density at radius 1 is 0.595 bits per heavy atom. The summed E-state index contributed by atoms with van der Waals surface area (Å²) < 4.78 is 42.4. The van der Waals surface area contributed by atoms with Gasteiger partial charge in [-0.05, 0) is 60.6 Å². The second-order valence-electron chi connectivity index (χ2n) is 8.46. The molecule has 0 atom stereocenters. The molecule has 194 valence electrons. The van der Waals surface area contributed by atoms with Crippen LogP contribution in [0, 0.1) is 0 Å². The predicted octanol–water partition coefficient (Wildman–Crippen LogP) is 6.68. The van der Waals surface area contributed by atoms with E-state index in [1.165, 1.54) is 0 Å². The molecule has 4 rings (SSSR count). The molecule has 0 saturated carbocycles. The van der Waals surface area contributed by atoms with Crippen LogP contribution in [-0.4, -0.2) is 26.2 Å². The zero-order chi connectivity index (χ0) is 26.5. The van der Waals surface area contributed by atoms with E-state index in [1.807, 2.05) is 86.6 Å². The first-order valence-electron chi connectivity index (χ1n) is 12.4. The first-order valence-corrected chi connectivity index (χ1v) is 13.8. The van der Waals surface area contributed by atoms with Crippen molar-refractivity contribution in [1.29, 1.82) is 0 Å². The first kappa shape index (κ1) is 28.1. The molecule has 6 heteroatoms. The summed E-state index contributed by atoms with van der Waals surface area (Å²) in [7, 11) is -4.65. The largest absolute Gasteiger partial charge is 0.446 e. The first-order chi connectivity index (χ1) is 17.9. The highest BCUT2D eigenvalue weighted by atomic mass is 32.3. The zero-order valence-corrected chi connectivity index (χ0v) is 22.2. The molecule has 0 aliphatic rings. The molecule has 0 aliphatic heterocycles. The van der Waals surface area contributed by atoms with Gasteiger partial charge >= 0.3 is 10.4 Å². The third-order valence-electron chi connectivity index (χ3n) is 5.77. The monoisotopic (exact) mass is 518 g/mol. The van der Waals surface area contributed by atoms with Gasteiger partial charge in [-0.1, -0.05) is 97.1 Å². The molecule has 0 unspecified atom stereocenters. The Hall–Kier alpha value is -3.45. The molecular formula is C31H34O5S. The van der Waals surface area contributed by atoms with Gasteiger partial charge in [-0.25, -0.2) is 0 Å². The molecule has 0 amide bonds. The van der Waals surface area contributed by atoms with Crippen LogP contribution in [0.3, 0.4) is 0 Å². The average molecular weight is 519 g/mol. The summed E-state index contributed by atoms with van der Waals surface area (Å²) in [6.07, 6.45) is 1.81. The van der Waals surface area contributed by atoms with Crippen LogP contribution in [0.1, 0.15) is 47.2 Å². The van der Waals surface area contributed by atoms with E-state index < -0.39 is 10.4 Å². The van der Waals surface area contributed by atoms with Crippen molar-refractivity contribution in [3.8, 4) is 5.75 Å². The molecule has 0 heterocycles. The summed E-state index contributed by atoms with van der Waals surface area (Å²) in [5.74, 6) is 0.152. The van der Waals surface area contributed by atoms with Crippen LogP contribution in [0.15, 0.2) is 103 Å². The molecule has 0 bridgehead atoms. The Bertz CT molecular complexity index is 1320. The van der Waals surface area contributed by atoms with E-state index in [2.05, 4.69) is 24.3 Å². The predicted molar refractivity (Wildman–Crippen MR) is 149 cm³/mol. The Morgan fingerprint density at radius 3 is 1.43 bits per heavy atom. The van der Waals surface area contributed by atoms with Crippen LogP contribution >= 0.6 is 0 Å². The second kappa shape index (κ2) is 14.3. The molecule has 0 fully saturated rings. The number of hydrogen-bond donors (Lipinski definition) is 1. The lowest BCUT2D eigenvalue weighted by Crippen LogP contribution is -2.12. The molecule has 1 N–H and O–H groups in total. The van der Waals surface area contributed by atoms with Crippen LogP contribution in [0.4, 0.5) is 0 Å². The van der Waals surface area contributed by atoms with Gasteiger partial charge in [-0.3, -0.25) is 4.55 Å². The summed E-state index contributed by atoms with van der Waals surface area (Å²) in [5.41, 5.74) is 6.15. The summed E-state index contributed by atoms with van der Waals surface area (Å²) in [6.45, 7) is 5.67. The van der Waals surface area contributed by atoms with Gasteiger partial charge in [0.25, 0.3) is 0 Å². The van der Waals surface area contributed by atoms with E-state index >= 15 is 0 Å². The minimum absolute atomic E-state index is 0.152. The Balaban J connectivity index is 0.000000695. The van der Waals surface area contributed by atoms with Gasteiger partial charge in [-0.2, -0.15) is 8.42 Å². The van der Waals surface area contributed by atoms with Crippen molar-refractivity contribution in [2.24, 2.45) is 0 Å². The summed E-state index contributed by atoms with van der Waals surface area (Å²) >= 11 is 0. The maximum Gasteiger partial charge on any atom is 0.446 e. The van der Waals surface area contributed by atoms with Gasteiger partial charge in [0.2, 0.25) is 0 Å². The van der Waals surface area contributed by atoms with Gasteiger partial charge in [0.05, 0.1) is 0 Å². The van der Waals surface area contributed by atoms with E-state index in [0.29, 0.717) is 19.3 Å². The van der Waals surface area contributed by atoms with E-state index in [1.54, 1.807) is 6.07 Å². The van der Waals surface area contributed by atoms with Gasteiger partial charge < -0.3 is 8.92 Å². The second-order valence-corrected chi connectivity index (χ2v) is 9.48. The lowest BCUT2D eigenvalue weighted by molar-refractivity contribution is 0.162. The van der Waals surface area contributed by atoms with Crippen LogP contribution < -0.4 is 4.18 Å². The molecule has 0 aromatic heterocycles. The number of hydrogen-bond acceptors (Lipinski definition) is 4. The van der Waals surface area contributed by atoms with Crippen molar-refractivity contribution in [2.75, 3.05) is 13.2 Å². The van der Waals surface area contributed by atoms with Crippen LogP contribution in [0.25, 0.3) is 0 Å². The fourth-order valence-corrected chi connectivity index (χ4v) is 4.49. The molecule has 0 saturated heterocycles. The molecule has 0 spiro atoms. The maximum atomic E-state index is 11.6. The third-order valence-corrected chi connectivity index (χ3v) is 6.16. The Morgan fingerprint density at radius 2 is 1.03 bits per heavy atom. The lowest BCUT2D eigenvalue weighted by Gasteiger charge is -2.19. The molecule has 4 aromatic rings. The van der Waals surface area contributed by atoms with Gasteiger partial charge in [0.1, 0.15) is 5.75 Å². The molecule has 37 heavy (non-hydrogen) atoms. The quantitative estimate of drug-likeness (QED) is 0.237. The van der Waals surface area contributed by atoms with Crippen LogP contribution in [-0.2, 0) is 34.4 Å². The van der Waals surface area contributed by atoms with Crippen molar-refractivity contribution in [2.45, 2.75) is 33.1 Å². The Kier molecular flexibility index (Phi) is 10.9. The normalized spacial score (nSPS) is 10.9. The van der Waals surface area contributed by atoms with E-state index in [-0.39, 0.29) is 5.75 Å². The molecule has 0 aliphatic carbocycles. The van der Waals surface area contributed by atoms with Crippen molar-refractivity contribution in [3.05, 3.63) is 137 Å². The zero-order valence-electron chi connectivity index (χ0n) is 21.3. The summed E-state index contributed by atoms with van der Waals surface area (Å²) in [4.78, 5) is 0. The van der Waals surface area contributed by atoms with Crippen LogP contribution in [0.5, 0.6) is 5.75 Å². The smallest absolute Gasteiger partial charge is 0.382 e. The highest BCUT2D eigenvalue weighted by Crippen LogP contribution is 2.32. The number of ether oxygens (including phenoxy) is 1. The van der Waals surface area contributed by atoms with Gasteiger partial charge in [-0.15, -0.1) is 0 Å². The molecular weight excluding hydrogens is 484 g/mol. The van der Waals surface area contributed by atoms with Crippen molar-refractivity contribution < 1.29 is 21.9 Å². The van der Waals surface area contributed by atoms with E-state index in [4.69, 9.17) is 8.92 Å². The van der Waals surface area contributed by atoms with Gasteiger partial charge in [0, 0.05) is 25.2 Å². The van der Waals surface area contributed by atoms with E-state index in [0.717, 1.165) is 46.6 Å². The summed E-state index contributed by atoms with van der Waals surface area (Å²) in [6, 6.07) is 33.5. The lowest BCUT2D eigenvalue weighted by atomic mass is 9.88. The minimum Gasteiger partial charge on any atom is -0.382 e. The van der Waals surface area contributed by atoms with Crippen LogP contribution in [0.2, 0.25) is 0 Å². The minimum atomic E-state index is -4.65. The average Bonchev–Trinajstić information content (AvgIpc) is 2.89. The number of benzene rings is 4. The van der Waals surface area contributed by atoms with Crippen molar-refractivity contribution >= 4 is 10.4 Å². The maximum absolute atomic E-state index is 11.6. The fraction of sp³-hybridized carbons (Fsp3) is 0.226. The molecule has 4 aromatic carbocycles. The molecule has 5 nitrogen and oxygen atoms in total. The van der Waals surface area contributed by atoms with Crippen molar-refractivity contribution in [3.63, 3.8) is 0 Å². The standard InChI is InChI=1S/C27H24O4S.C4H10O/c28-32(29,30)31-27-17-16-24(18-21-10-4-1-5-11-21)25(19-22-12-6-2-7-13-22)26(27)20-23-14-8-3-9-15-23;1-3-5-4-2/h1-17H,18-20H2,(H,28,29,30);3-4H2,1-2H3.